The van der Waals surface area contributed by atoms with Gasteiger partial charge < -0.3 is 10.5 Å². The lowest BCUT2D eigenvalue weighted by Crippen LogP contribution is -2.12. The molecule has 3 aromatic rings. The number of nitrogens with zero attached hydrogens (tertiary/aromatic N) is 1. The zero-order chi connectivity index (χ0) is 18.7. The van der Waals surface area contributed by atoms with Gasteiger partial charge in [0.25, 0.3) is 0 Å². The van der Waals surface area contributed by atoms with Crippen LogP contribution in [0.25, 0.3) is 11.3 Å². The first kappa shape index (κ1) is 18.0. The number of primary amides is 1. The van der Waals surface area contributed by atoms with Crippen molar-refractivity contribution in [3.8, 4) is 17.0 Å². The van der Waals surface area contributed by atoms with Crippen molar-refractivity contribution in [3.05, 3.63) is 82.0 Å². The highest BCUT2D eigenvalue weighted by Crippen LogP contribution is 2.27. The minimum atomic E-state index is -0.431. The number of carbonyl (C=O) groups is 1. The highest BCUT2D eigenvalue weighted by atomic mass is 35.5. The molecule has 0 atom stereocenters. The summed E-state index contributed by atoms with van der Waals surface area (Å²) in [6, 6.07) is 15.0. The third-order valence-electron chi connectivity index (χ3n) is 4.09. The van der Waals surface area contributed by atoms with Crippen LogP contribution >= 0.6 is 11.6 Å². The smallest absolute Gasteiger partial charge is 0.248 e. The van der Waals surface area contributed by atoms with Crippen molar-refractivity contribution >= 4 is 17.5 Å². The molecule has 2 aromatic carbocycles. The second-order valence-corrected chi connectivity index (χ2v) is 6.57. The normalized spacial score (nSPS) is 10.6. The average Bonchev–Trinajstić information content (AvgIpc) is 2.61. The number of hydrogen-bond donors (Lipinski definition) is 1. The SMILES string of the molecule is Cc1ccc(OCc2ccnc(-c3ccc(C(N)=O)c(C)c3)c2)c(Cl)c1. The fourth-order valence-corrected chi connectivity index (χ4v) is 3.00. The lowest BCUT2D eigenvalue weighted by Gasteiger charge is -2.10. The number of carbonyl (C=O) groups excluding carboxylic acids is 1. The first-order chi connectivity index (χ1) is 12.4. The molecular weight excluding hydrogens is 348 g/mol. The summed E-state index contributed by atoms with van der Waals surface area (Å²) in [5, 5.41) is 0.594. The van der Waals surface area contributed by atoms with Crippen molar-refractivity contribution < 1.29 is 9.53 Å². The molecule has 26 heavy (non-hydrogen) atoms. The number of benzene rings is 2. The van der Waals surface area contributed by atoms with Crippen LogP contribution in [0, 0.1) is 13.8 Å². The molecule has 132 valence electrons. The molecule has 1 amide bonds. The quantitative estimate of drug-likeness (QED) is 0.711. The summed E-state index contributed by atoms with van der Waals surface area (Å²) in [6.45, 7) is 4.23. The first-order valence-corrected chi connectivity index (χ1v) is 8.56. The van der Waals surface area contributed by atoms with Gasteiger partial charge in [-0.2, -0.15) is 0 Å². The molecule has 0 aliphatic rings. The van der Waals surface area contributed by atoms with Crippen molar-refractivity contribution in [1.29, 1.82) is 0 Å². The molecule has 0 saturated carbocycles. The molecule has 4 nitrogen and oxygen atoms in total. The van der Waals surface area contributed by atoms with Crippen molar-refractivity contribution in [2.24, 2.45) is 5.73 Å². The lowest BCUT2D eigenvalue weighted by atomic mass is 10.0. The summed E-state index contributed by atoms with van der Waals surface area (Å²) >= 11 is 6.21. The van der Waals surface area contributed by atoms with Crippen LogP contribution in [-0.2, 0) is 6.61 Å². The summed E-state index contributed by atoms with van der Waals surface area (Å²) in [7, 11) is 0. The van der Waals surface area contributed by atoms with Crippen LogP contribution in [0.2, 0.25) is 5.02 Å². The molecule has 0 fully saturated rings. The molecule has 0 aliphatic carbocycles. The predicted molar refractivity (Wildman–Crippen MR) is 103 cm³/mol. The van der Waals surface area contributed by atoms with E-state index < -0.39 is 5.91 Å². The predicted octanol–water partition coefficient (Wildman–Crippen LogP) is 4.70. The number of halogens is 1. The summed E-state index contributed by atoms with van der Waals surface area (Å²) in [6.07, 6.45) is 1.74. The Kier molecular flexibility index (Phi) is 5.24. The topological polar surface area (TPSA) is 65.2 Å². The van der Waals surface area contributed by atoms with Crippen LogP contribution in [-0.4, -0.2) is 10.9 Å². The highest BCUT2D eigenvalue weighted by molar-refractivity contribution is 6.32. The van der Waals surface area contributed by atoms with E-state index in [-0.39, 0.29) is 0 Å². The molecular formula is C21H19ClN2O2. The van der Waals surface area contributed by atoms with E-state index in [9.17, 15) is 4.79 Å². The number of hydrogen-bond acceptors (Lipinski definition) is 3. The van der Waals surface area contributed by atoms with Gasteiger partial charge in [0.15, 0.2) is 0 Å². The maximum atomic E-state index is 11.4. The Hall–Kier alpha value is -2.85. The van der Waals surface area contributed by atoms with Crippen molar-refractivity contribution in [1.82, 2.24) is 4.98 Å². The van der Waals surface area contributed by atoms with E-state index in [4.69, 9.17) is 22.1 Å². The van der Waals surface area contributed by atoms with Gasteiger partial charge in [0, 0.05) is 17.3 Å². The van der Waals surface area contributed by atoms with Crippen LogP contribution in [0.15, 0.2) is 54.7 Å². The number of pyridine rings is 1. The van der Waals surface area contributed by atoms with E-state index in [1.54, 1.807) is 12.3 Å². The number of ether oxygens (including phenoxy) is 1. The molecule has 0 radical (unpaired) electrons. The molecule has 1 aromatic heterocycles. The van der Waals surface area contributed by atoms with Gasteiger partial charge in [-0.1, -0.05) is 23.7 Å². The maximum Gasteiger partial charge on any atom is 0.248 e. The van der Waals surface area contributed by atoms with Crippen LogP contribution in [0.1, 0.15) is 27.0 Å². The fourth-order valence-electron chi connectivity index (χ4n) is 2.71. The highest BCUT2D eigenvalue weighted by Gasteiger charge is 2.08. The van der Waals surface area contributed by atoms with E-state index >= 15 is 0 Å². The first-order valence-electron chi connectivity index (χ1n) is 8.19. The average molecular weight is 367 g/mol. The van der Waals surface area contributed by atoms with Gasteiger partial charge in [0.1, 0.15) is 12.4 Å². The van der Waals surface area contributed by atoms with Gasteiger partial charge in [0.05, 0.1) is 10.7 Å². The van der Waals surface area contributed by atoms with Gasteiger partial charge in [-0.3, -0.25) is 9.78 Å². The van der Waals surface area contributed by atoms with E-state index in [0.717, 1.165) is 27.9 Å². The molecule has 0 bridgehead atoms. The maximum absolute atomic E-state index is 11.4. The van der Waals surface area contributed by atoms with Crippen molar-refractivity contribution in [3.63, 3.8) is 0 Å². The zero-order valence-electron chi connectivity index (χ0n) is 14.6. The van der Waals surface area contributed by atoms with Crippen LogP contribution in [0.3, 0.4) is 0 Å². The van der Waals surface area contributed by atoms with Crippen LogP contribution in [0.4, 0.5) is 0 Å². The number of nitrogens with two attached hydrogens (primary N) is 1. The van der Waals surface area contributed by atoms with Gasteiger partial charge in [-0.05, 0) is 66.9 Å². The Morgan fingerprint density at radius 3 is 2.62 bits per heavy atom. The zero-order valence-corrected chi connectivity index (χ0v) is 15.4. The summed E-state index contributed by atoms with van der Waals surface area (Å²) < 4.78 is 5.82. The van der Waals surface area contributed by atoms with Crippen molar-refractivity contribution in [2.75, 3.05) is 0 Å². The Morgan fingerprint density at radius 2 is 1.92 bits per heavy atom. The molecule has 0 aliphatic heterocycles. The molecule has 0 spiro atoms. The van der Waals surface area contributed by atoms with Gasteiger partial charge in [0.2, 0.25) is 5.91 Å². The van der Waals surface area contributed by atoms with Gasteiger partial charge in [-0.25, -0.2) is 0 Å². The van der Waals surface area contributed by atoms with Crippen molar-refractivity contribution in [2.45, 2.75) is 20.5 Å². The third kappa shape index (κ3) is 4.03. The lowest BCUT2D eigenvalue weighted by molar-refractivity contribution is 0.0999. The van der Waals surface area contributed by atoms with E-state index in [0.29, 0.717) is 22.9 Å². The molecule has 0 saturated heterocycles. The molecule has 3 rings (SSSR count). The Morgan fingerprint density at radius 1 is 1.12 bits per heavy atom. The summed E-state index contributed by atoms with van der Waals surface area (Å²) in [4.78, 5) is 15.8. The number of amides is 1. The van der Waals surface area contributed by atoms with Gasteiger partial charge in [-0.15, -0.1) is 0 Å². The molecule has 1 heterocycles. The van der Waals surface area contributed by atoms with Crippen LogP contribution < -0.4 is 10.5 Å². The standard InChI is InChI=1S/C21H19ClN2O2/c1-13-3-6-20(18(22)9-13)26-12-15-7-8-24-19(11-15)16-4-5-17(21(23)25)14(2)10-16/h3-11H,12H2,1-2H3,(H2,23,25). The van der Waals surface area contributed by atoms with E-state index in [2.05, 4.69) is 4.98 Å². The second-order valence-electron chi connectivity index (χ2n) is 6.17. The minimum absolute atomic E-state index is 0.386. The number of aromatic nitrogens is 1. The van der Waals surface area contributed by atoms with Crippen LogP contribution in [0.5, 0.6) is 5.75 Å². The largest absolute Gasteiger partial charge is 0.487 e. The molecule has 0 unspecified atom stereocenters. The molecule has 2 N–H and O–H groups in total. The summed E-state index contributed by atoms with van der Waals surface area (Å²) in [5.41, 5.74) is 10.5. The number of aryl methyl sites for hydroxylation is 2. The fraction of sp³-hybridized carbons (Fsp3) is 0.143. The number of rotatable bonds is 5. The Balaban J connectivity index is 1.80. The minimum Gasteiger partial charge on any atom is -0.487 e. The molecule has 5 heteroatoms. The summed E-state index contributed by atoms with van der Waals surface area (Å²) in [5.74, 6) is 0.219. The Bertz CT molecular complexity index is 970. The third-order valence-corrected chi connectivity index (χ3v) is 4.39. The van der Waals surface area contributed by atoms with E-state index in [1.807, 2.05) is 56.3 Å². The van der Waals surface area contributed by atoms with Gasteiger partial charge >= 0.3 is 0 Å². The van der Waals surface area contributed by atoms with E-state index in [1.165, 1.54) is 0 Å². The Labute approximate surface area is 157 Å². The monoisotopic (exact) mass is 366 g/mol. The second kappa shape index (κ2) is 7.58.